The van der Waals surface area contributed by atoms with Gasteiger partial charge in [-0.25, -0.2) is 4.68 Å². The van der Waals surface area contributed by atoms with Crippen LogP contribution >= 0.6 is 0 Å². The van der Waals surface area contributed by atoms with Crippen LogP contribution in [-0.2, 0) is 6.54 Å². The minimum Gasteiger partial charge on any atom is -0.369 e. The minimum absolute atomic E-state index is 0.0534. The quantitative estimate of drug-likeness (QED) is 0.686. The van der Waals surface area contributed by atoms with Gasteiger partial charge < -0.3 is 10.2 Å². The number of nitrogens with one attached hydrogen (secondary N) is 1. The summed E-state index contributed by atoms with van der Waals surface area (Å²) < 4.78 is 1.81. The highest BCUT2D eigenvalue weighted by Gasteiger charge is 2.19. The number of carbonyl (C=O) groups excluding carboxylic acids is 1. The molecule has 1 aromatic heterocycles. The van der Waals surface area contributed by atoms with Crippen LogP contribution in [0.2, 0.25) is 0 Å². The van der Waals surface area contributed by atoms with Crippen molar-refractivity contribution in [3.63, 3.8) is 0 Å². The second-order valence-electron chi connectivity index (χ2n) is 7.96. The van der Waals surface area contributed by atoms with Crippen molar-refractivity contribution in [3.8, 4) is 5.69 Å². The molecular weight excluding hydrogens is 374 g/mol. The first-order valence-electron chi connectivity index (χ1n) is 10.6. The molecule has 2 aromatic carbocycles. The topological polar surface area (TPSA) is 53.4 Å². The molecule has 0 spiro atoms. The molecular formula is C24H29N5O. The second kappa shape index (κ2) is 9.13. The second-order valence-corrected chi connectivity index (χ2v) is 7.96. The molecule has 1 fully saturated rings. The van der Waals surface area contributed by atoms with Gasteiger partial charge in [0.2, 0.25) is 0 Å². The maximum atomic E-state index is 12.5. The van der Waals surface area contributed by atoms with E-state index in [-0.39, 0.29) is 5.91 Å². The molecule has 0 aliphatic carbocycles. The Labute approximate surface area is 178 Å². The Morgan fingerprint density at radius 2 is 1.63 bits per heavy atom. The van der Waals surface area contributed by atoms with Gasteiger partial charge in [0, 0.05) is 62.4 Å². The Hall–Kier alpha value is -3.12. The third kappa shape index (κ3) is 4.71. The summed E-state index contributed by atoms with van der Waals surface area (Å²) in [5.41, 5.74) is 3.93. The lowest BCUT2D eigenvalue weighted by Gasteiger charge is -2.38. The zero-order chi connectivity index (χ0) is 20.9. The summed E-state index contributed by atoms with van der Waals surface area (Å²) in [7, 11) is 0. The predicted octanol–water partition coefficient (Wildman–Crippen LogP) is 3.33. The van der Waals surface area contributed by atoms with Crippen LogP contribution in [0.5, 0.6) is 0 Å². The van der Waals surface area contributed by atoms with Gasteiger partial charge in [0.1, 0.15) is 0 Å². The molecule has 6 heteroatoms. The van der Waals surface area contributed by atoms with Crippen molar-refractivity contribution >= 4 is 11.6 Å². The summed E-state index contributed by atoms with van der Waals surface area (Å²) in [6.45, 7) is 9.21. The summed E-state index contributed by atoms with van der Waals surface area (Å²) >= 11 is 0. The van der Waals surface area contributed by atoms with Crippen LogP contribution in [0.1, 0.15) is 29.8 Å². The summed E-state index contributed by atoms with van der Waals surface area (Å²) in [5, 5.41) is 7.23. The Kier molecular flexibility index (Phi) is 6.14. The molecule has 156 valence electrons. The number of carbonyl (C=O) groups is 1. The van der Waals surface area contributed by atoms with Crippen LogP contribution in [0.4, 0.5) is 5.69 Å². The molecule has 1 N–H and O–H groups in total. The fourth-order valence-electron chi connectivity index (χ4n) is 3.79. The summed E-state index contributed by atoms with van der Waals surface area (Å²) in [6.07, 6.45) is 3.66. The third-order valence-corrected chi connectivity index (χ3v) is 5.70. The number of hydrogen-bond acceptors (Lipinski definition) is 4. The number of benzene rings is 2. The lowest BCUT2D eigenvalue weighted by atomic mass is 10.1. The van der Waals surface area contributed by atoms with Crippen LogP contribution in [0.15, 0.2) is 67.0 Å². The van der Waals surface area contributed by atoms with Gasteiger partial charge in [-0.3, -0.25) is 9.69 Å². The minimum atomic E-state index is -0.0534. The van der Waals surface area contributed by atoms with Gasteiger partial charge in [0.05, 0.1) is 5.69 Å². The first kappa shape index (κ1) is 20.2. The van der Waals surface area contributed by atoms with Crippen LogP contribution < -0.4 is 10.2 Å². The summed E-state index contributed by atoms with van der Waals surface area (Å²) in [6, 6.07) is 18.5. The maximum Gasteiger partial charge on any atom is 0.251 e. The molecule has 1 saturated heterocycles. The van der Waals surface area contributed by atoms with Crippen LogP contribution in [0, 0.1) is 0 Å². The van der Waals surface area contributed by atoms with E-state index in [1.165, 1.54) is 5.69 Å². The molecule has 3 aromatic rings. The molecule has 4 rings (SSSR count). The molecule has 0 unspecified atom stereocenters. The first-order valence-corrected chi connectivity index (χ1v) is 10.6. The van der Waals surface area contributed by atoms with Crippen molar-refractivity contribution < 1.29 is 4.79 Å². The number of hydrogen-bond donors (Lipinski definition) is 1. The van der Waals surface area contributed by atoms with E-state index in [2.05, 4.69) is 46.2 Å². The van der Waals surface area contributed by atoms with Gasteiger partial charge in [-0.1, -0.05) is 12.1 Å². The zero-order valence-electron chi connectivity index (χ0n) is 17.7. The number of piperazine rings is 1. The van der Waals surface area contributed by atoms with E-state index in [9.17, 15) is 4.79 Å². The zero-order valence-corrected chi connectivity index (χ0v) is 17.7. The molecule has 0 radical (unpaired) electrons. The van der Waals surface area contributed by atoms with Gasteiger partial charge in [0.25, 0.3) is 5.91 Å². The van der Waals surface area contributed by atoms with Crippen molar-refractivity contribution in [2.24, 2.45) is 0 Å². The average molecular weight is 404 g/mol. The van der Waals surface area contributed by atoms with E-state index in [1.807, 2.05) is 53.3 Å². The van der Waals surface area contributed by atoms with Gasteiger partial charge in [-0.05, 0) is 61.9 Å². The lowest BCUT2D eigenvalue weighted by Crippen LogP contribution is -2.48. The number of nitrogens with zero attached hydrogens (tertiary/aromatic N) is 4. The van der Waals surface area contributed by atoms with E-state index >= 15 is 0 Å². The SMILES string of the molecule is CC(C)N1CCN(c2ccc(C(=O)NCc3ccc(-n4cccn4)cc3)cc2)CC1. The van der Waals surface area contributed by atoms with Crippen LogP contribution in [0.25, 0.3) is 5.69 Å². The number of amides is 1. The van der Waals surface area contributed by atoms with Gasteiger partial charge in [0.15, 0.2) is 0 Å². The molecule has 2 heterocycles. The standard InChI is InChI=1S/C24H29N5O/c1-19(2)27-14-16-28(17-15-27)22-10-6-21(7-11-22)24(30)25-18-20-4-8-23(9-5-20)29-13-3-12-26-29/h3-13,19H,14-18H2,1-2H3,(H,25,30). The van der Waals surface area contributed by atoms with Crippen molar-refractivity contribution in [1.29, 1.82) is 0 Å². The molecule has 0 atom stereocenters. The number of rotatable bonds is 6. The Balaban J connectivity index is 1.30. The highest BCUT2D eigenvalue weighted by molar-refractivity contribution is 5.94. The van der Waals surface area contributed by atoms with E-state index in [4.69, 9.17) is 0 Å². The van der Waals surface area contributed by atoms with Gasteiger partial charge in [-0.15, -0.1) is 0 Å². The number of anilines is 1. The monoisotopic (exact) mass is 403 g/mol. The van der Waals surface area contributed by atoms with Crippen molar-refractivity contribution in [2.45, 2.75) is 26.4 Å². The van der Waals surface area contributed by atoms with E-state index < -0.39 is 0 Å². The Morgan fingerprint density at radius 1 is 0.967 bits per heavy atom. The normalized spacial score (nSPS) is 14.8. The molecule has 30 heavy (non-hydrogen) atoms. The Morgan fingerprint density at radius 3 is 2.23 bits per heavy atom. The van der Waals surface area contributed by atoms with E-state index in [0.29, 0.717) is 18.2 Å². The molecule has 0 bridgehead atoms. The smallest absolute Gasteiger partial charge is 0.251 e. The number of aromatic nitrogens is 2. The van der Waals surface area contributed by atoms with Gasteiger partial charge >= 0.3 is 0 Å². The molecule has 1 amide bonds. The fraction of sp³-hybridized carbons (Fsp3) is 0.333. The lowest BCUT2D eigenvalue weighted by molar-refractivity contribution is 0.0951. The summed E-state index contributed by atoms with van der Waals surface area (Å²) in [5.74, 6) is -0.0534. The molecule has 1 aliphatic heterocycles. The molecule has 0 saturated carbocycles. The summed E-state index contributed by atoms with van der Waals surface area (Å²) in [4.78, 5) is 17.4. The molecule has 1 aliphatic rings. The van der Waals surface area contributed by atoms with E-state index in [0.717, 1.165) is 37.4 Å². The van der Waals surface area contributed by atoms with Crippen LogP contribution in [0.3, 0.4) is 0 Å². The predicted molar refractivity (Wildman–Crippen MR) is 120 cm³/mol. The highest BCUT2D eigenvalue weighted by Crippen LogP contribution is 2.18. The maximum absolute atomic E-state index is 12.5. The fourth-order valence-corrected chi connectivity index (χ4v) is 3.79. The van der Waals surface area contributed by atoms with Crippen molar-refractivity contribution in [3.05, 3.63) is 78.1 Å². The Bertz CT molecular complexity index is 940. The highest BCUT2D eigenvalue weighted by atomic mass is 16.1. The third-order valence-electron chi connectivity index (χ3n) is 5.70. The first-order chi connectivity index (χ1) is 14.6. The largest absolute Gasteiger partial charge is 0.369 e. The van der Waals surface area contributed by atoms with E-state index in [1.54, 1.807) is 6.20 Å². The van der Waals surface area contributed by atoms with Crippen LogP contribution in [-0.4, -0.2) is 52.8 Å². The average Bonchev–Trinajstić information content (AvgIpc) is 3.33. The van der Waals surface area contributed by atoms with Crippen molar-refractivity contribution in [1.82, 2.24) is 20.0 Å². The molecule has 6 nitrogen and oxygen atoms in total. The van der Waals surface area contributed by atoms with Gasteiger partial charge in [-0.2, -0.15) is 5.10 Å². The van der Waals surface area contributed by atoms with Crippen molar-refractivity contribution in [2.75, 3.05) is 31.1 Å².